The second kappa shape index (κ2) is 5.61. The van der Waals surface area contributed by atoms with Gasteiger partial charge in [-0.3, -0.25) is 0 Å². The van der Waals surface area contributed by atoms with Crippen LogP contribution in [0, 0.1) is 0 Å². The van der Waals surface area contributed by atoms with E-state index in [0.717, 1.165) is 26.9 Å². The number of nitrogens with two attached hydrogens (primary N) is 1. The van der Waals surface area contributed by atoms with Crippen molar-refractivity contribution in [3.05, 3.63) is 53.0 Å². The summed E-state index contributed by atoms with van der Waals surface area (Å²) < 4.78 is 11.3. The van der Waals surface area contributed by atoms with E-state index in [-0.39, 0.29) is 0 Å². The van der Waals surface area contributed by atoms with Crippen LogP contribution in [-0.4, -0.2) is 12.3 Å². The third-order valence-electron chi connectivity index (χ3n) is 3.23. The number of nitrogen functional groups attached to an aromatic ring is 1. The van der Waals surface area contributed by atoms with Crippen LogP contribution in [0.15, 0.2) is 57.5 Å². The molecule has 21 heavy (non-hydrogen) atoms. The number of methoxy groups -OCH3 is 1. The van der Waals surface area contributed by atoms with Crippen LogP contribution < -0.4 is 10.5 Å². The van der Waals surface area contributed by atoms with Crippen molar-refractivity contribution in [2.75, 3.05) is 12.8 Å². The Bertz CT molecular complexity index is 766. The van der Waals surface area contributed by atoms with Gasteiger partial charge in [-0.25, -0.2) is 0 Å². The van der Waals surface area contributed by atoms with E-state index in [1.807, 2.05) is 48.5 Å². The van der Waals surface area contributed by atoms with Gasteiger partial charge in [0.25, 0.3) is 0 Å². The maximum Gasteiger partial charge on any atom is 0.230 e. The molecule has 0 saturated carbocycles. The number of rotatable bonds is 3. The topological polar surface area (TPSA) is 61.3 Å². The average Bonchev–Trinajstić information content (AvgIpc) is 2.89. The molecule has 0 bridgehead atoms. The molecule has 0 aliphatic rings. The molecule has 0 unspecified atom stereocenters. The van der Waals surface area contributed by atoms with Crippen LogP contribution >= 0.6 is 15.9 Å². The number of ether oxygens (including phenoxy) is 1. The van der Waals surface area contributed by atoms with E-state index in [4.69, 9.17) is 15.0 Å². The zero-order valence-electron chi connectivity index (χ0n) is 11.3. The average molecular weight is 345 g/mol. The fourth-order valence-electron chi connectivity index (χ4n) is 2.17. The second-order valence-corrected chi connectivity index (χ2v) is 5.33. The molecule has 106 valence electrons. The van der Waals surface area contributed by atoms with Gasteiger partial charge in [0.2, 0.25) is 5.88 Å². The van der Waals surface area contributed by atoms with E-state index >= 15 is 0 Å². The molecule has 0 aliphatic carbocycles. The van der Waals surface area contributed by atoms with Crippen LogP contribution in [-0.2, 0) is 0 Å². The van der Waals surface area contributed by atoms with Gasteiger partial charge >= 0.3 is 0 Å². The van der Waals surface area contributed by atoms with Gasteiger partial charge in [-0.15, -0.1) is 0 Å². The van der Waals surface area contributed by atoms with Gasteiger partial charge in [0.1, 0.15) is 11.4 Å². The van der Waals surface area contributed by atoms with Crippen LogP contribution in [0.2, 0.25) is 0 Å². The molecule has 0 atom stereocenters. The van der Waals surface area contributed by atoms with Crippen LogP contribution in [0.25, 0.3) is 22.4 Å². The molecule has 0 spiro atoms. The van der Waals surface area contributed by atoms with Crippen molar-refractivity contribution < 1.29 is 9.26 Å². The Labute approximate surface area is 130 Å². The molecule has 0 saturated heterocycles. The van der Waals surface area contributed by atoms with E-state index in [0.29, 0.717) is 11.6 Å². The SMILES string of the molecule is COc1ccc(-c2noc(N)c2-c2ccccc2Br)cc1. The quantitative estimate of drug-likeness (QED) is 0.766. The lowest BCUT2D eigenvalue weighted by atomic mass is 10.0. The highest BCUT2D eigenvalue weighted by Gasteiger charge is 2.19. The van der Waals surface area contributed by atoms with Gasteiger partial charge in [-0.1, -0.05) is 39.3 Å². The Morgan fingerprint density at radius 1 is 1.10 bits per heavy atom. The van der Waals surface area contributed by atoms with E-state index in [1.54, 1.807) is 7.11 Å². The minimum absolute atomic E-state index is 0.299. The molecule has 0 fully saturated rings. The number of halogens is 1. The van der Waals surface area contributed by atoms with Crippen LogP contribution in [0.1, 0.15) is 0 Å². The zero-order chi connectivity index (χ0) is 14.8. The first-order valence-corrected chi connectivity index (χ1v) is 7.14. The van der Waals surface area contributed by atoms with Gasteiger partial charge in [-0.2, -0.15) is 0 Å². The molecule has 1 aromatic heterocycles. The first kappa shape index (κ1) is 13.7. The number of nitrogens with zero attached hydrogens (tertiary/aromatic N) is 1. The van der Waals surface area contributed by atoms with Crippen LogP contribution in [0.5, 0.6) is 5.75 Å². The highest BCUT2D eigenvalue weighted by atomic mass is 79.9. The van der Waals surface area contributed by atoms with Crippen LogP contribution in [0.4, 0.5) is 5.88 Å². The molecule has 1 heterocycles. The minimum Gasteiger partial charge on any atom is -0.497 e. The maximum atomic E-state index is 5.96. The molecule has 0 radical (unpaired) electrons. The van der Waals surface area contributed by atoms with Crippen molar-refractivity contribution in [3.8, 4) is 28.1 Å². The van der Waals surface area contributed by atoms with Gasteiger partial charge in [-0.05, 0) is 30.3 Å². The lowest BCUT2D eigenvalue weighted by Crippen LogP contribution is -1.89. The van der Waals surface area contributed by atoms with Crippen LogP contribution in [0.3, 0.4) is 0 Å². The Balaban J connectivity index is 2.15. The van der Waals surface area contributed by atoms with Crippen molar-refractivity contribution in [3.63, 3.8) is 0 Å². The number of hydrogen-bond donors (Lipinski definition) is 1. The molecule has 3 aromatic rings. The van der Waals surface area contributed by atoms with Gasteiger partial charge < -0.3 is 15.0 Å². The lowest BCUT2D eigenvalue weighted by Gasteiger charge is -2.06. The number of benzene rings is 2. The number of anilines is 1. The molecule has 4 nitrogen and oxygen atoms in total. The summed E-state index contributed by atoms with van der Waals surface area (Å²) >= 11 is 3.54. The number of hydrogen-bond acceptors (Lipinski definition) is 4. The van der Waals surface area contributed by atoms with E-state index in [1.165, 1.54) is 0 Å². The van der Waals surface area contributed by atoms with Crippen molar-refractivity contribution in [1.82, 2.24) is 5.16 Å². The van der Waals surface area contributed by atoms with Crippen molar-refractivity contribution >= 4 is 21.8 Å². The summed E-state index contributed by atoms with van der Waals surface area (Å²) in [6.45, 7) is 0. The molecule has 3 rings (SSSR count). The smallest absolute Gasteiger partial charge is 0.230 e. The molecule has 0 amide bonds. The Hall–Kier alpha value is -2.27. The molecule has 2 N–H and O–H groups in total. The minimum atomic E-state index is 0.299. The first-order valence-electron chi connectivity index (χ1n) is 6.35. The Kier molecular flexibility index (Phi) is 3.66. The summed E-state index contributed by atoms with van der Waals surface area (Å²) in [5, 5.41) is 4.10. The van der Waals surface area contributed by atoms with Crippen molar-refractivity contribution in [1.29, 1.82) is 0 Å². The largest absolute Gasteiger partial charge is 0.497 e. The standard InChI is InChI=1S/C16H13BrN2O2/c1-20-11-8-6-10(7-9-11)15-14(16(18)21-19-15)12-4-2-3-5-13(12)17/h2-9H,18H2,1H3. The Morgan fingerprint density at radius 2 is 1.81 bits per heavy atom. The fourth-order valence-corrected chi connectivity index (χ4v) is 2.66. The van der Waals surface area contributed by atoms with Crippen molar-refractivity contribution in [2.45, 2.75) is 0 Å². The zero-order valence-corrected chi connectivity index (χ0v) is 12.9. The number of aromatic nitrogens is 1. The van der Waals surface area contributed by atoms with Gasteiger partial charge in [0, 0.05) is 15.6 Å². The molecule has 0 aliphatic heterocycles. The third kappa shape index (κ3) is 2.52. The molecule has 2 aromatic carbocycles. The van der Waals surface area contributed by atoms with E-state index < -0.39 is 0 Å². The highest BCUT2D eigenvalue weighted by Crippen LogP contribution is 2.39. The summed E-state index contributed by atoms with van der Waals surface area (Å²) in [7, 11) is 1.63. The summed E-state index contributed by atoms with van der Waals surface area (Å²) in [4.78, 5) is 0. The van der Waals surface area contributed by atoms with E-state index in [2.05, 4.69) is 21.1 Å². The summed E-state index contributed by atoms with van der Waals surface area (Å²) in [5.74, 6) is 1.09. The molecular formula is C16H13BrN2O2. The molecule has 5 heteroatoms. The lowest BCUT2D eigenvalue weighted by molar-refractivity contribution is 0.415. The van der Waals surface area contributed by atoms with Gasteiger partial charge in [0.15, 0.2) is 0 Å². The summed E-state index contributed by atoms with van der Waals surface area (Å²) in [5.41, 5.74) is 9.32. The highest BCUT2D eigenvalue weighted by molar-refractivity contribution is 9.10. The summed E-state index contributed by atoms with van der Waals surface area (Å²) in [6.07, 6.45) is 0. The second-order valence-electron chi connectivity index (χ2n) is 4.48. The predicted molar refractivity (Wildman–Crippen MR) is 86.0 cm³/mol. The molecular weight excluding hydrogens is 332 g/mol. The third-order valence-corrected chi connectivity index (χ3v) is 3.92. The van der Waals surface area contributed by atoms with Gasteiger partial charge in [0.05, 0.1) is 12.7 Å². The maximum absolute atomic E-state index is 5.96. The first-order chi connectivity index (χ1) is 10.2. The van der Waals surface area contributed by atoms with Crippen molar-refractivity contribution in [2.24, 2.45) is 0 Å². The predicted octanol–water partition coefficient (Wildman–Crippen LogP) is 4.36. The monoisotopic (exact) mass is 344 g/mol. The normalized spacial score (nSPS) is 10.6. The van der Waals surface area contributed by atoms with E-state index in [9.17, 15) is 0 Å². The fraction of sp³-hybridized carbons (Fsp3) is 0.0625. The summed E-state index contributed by atoms with van der Waals surface area (Å²) in [6, 6.07) is 15.4. The Morgan fingerprint density at radius 3 is 2.48 bits per heavy atom.